The lowest BCUT2D eigenvalue weighted by Gasteiger charge is -2.06. The zero-order valence-electron chi connectivity index (χ0n) is 7.29. The first kappa shape index (κ1) is 13.2. The minimum atomic E-state index is -3.17. The van der Waals surface area contributed by atoms with Gasteiger partial charge in [0.25, 0.3) is 11.7 Å². The third kappa shape index (κ3) is 2.43. The third-order valence-corrected chi connectivity index (χ3v) is 2.65. The average Bonchev–Trinajstić information content (AvgIpc) is 2.15. The van der Waals surface area contributed by atoms with Crippen LogP contribution in [0.3, 0.4) is 0 Å². The van der Waals surface area contributed by atoms with Crippen LogP contribution in [0.4, 0.5) is 14.5 Å². The van der Waals surface area contributed by atoms with Gasteiger partial charge in [0.1, 0.15) is 5.56 Å². The molecule has 9 heteroatoms. The van der Waals surface area contributed by atoms with E-state index in [1.54, 1.807) is 0 Å². The summed E-state index contributed by atoms with van der Waals surface area (Å²) < 4.78 is 25.1. The van der Waals surface area contributed by atoms with Crippen molar-refractivity contribution in [3.8, 4) is 0 Å². The van der Waals surface area contributed by atoms with Gasteiger partial charge in [-0.2, -0.15) is 0 Å². The van der Waals surface area contributed by atoms with Crippen LogP contribution in [0.1, 0.15) is 22.3 Å². The first-order valence-corrected chi connectivity index (χ1v) is 5.12. The summed E-state index contributed by atoms with van der Waals surface area (Å²) in [6, 6.07) is 0. The molecule has 1 heterocycles. The van der Waals surface area contributed by atoms with Gasteiger partial charge in [-0.25, -0.2) is 13.8 Å². The van der Waals surface area contributed by atoms with Gasteiger partial charge < -0.3 is 0 Å². The van der Waals surface area contributed by atoms with Crippen molar-refractivity contribution in [2.75, 3.05) is 0 Å². The molecule has 0 saturated heterocycles. The second-order valence-electron chi connectivity index (χ2n) is 2.56. The van der Waals surface area contributed by atoms with E-state index < -0.39 is 33.4 Å². The maximum atomic E-state index is 12.6. The van der Waals surface area contributed by atoms with Gasteiger partial charge in [0, 0.05) is 6.20 Å². The Bertz CT molecular complexity index is 469. The van der Waals surface area contributed by atoms with E-state index >= 15 is 0 Å². The highest BCUT2D eigenvalue weighted by Crippen LogP contribution is 2.34. The molecule has 0 aromatic carbocycles. The highest BCUT2D eigenvalue weighted by molar-refractivity contribution is 14.1. The summed E-state index contributed by atoms with van der Waals surface area (Å²) in [6.07, 6.45) is -2.37. The first-order chi connectivity index (χ1) is 7.36. The van der Waals surface area contributed by atoms with Crippen LogP contribution >= 0.6 is 34.2 Å². The zero-order valence-corrected chi connectivity index (χ0v) is 10.2. The van der Waals surface area contributed by atoms with Crippen LogP contribution in [0.2, 0.25) is 0 Å². The molecule has 0 unspecified atom stereocenters. The summed E-state index contributed by atoms with van der Waals surface area (Å²) in [5.74, 6) is 0. The molecule has 1 aromatic rings. The number of halogens is 4. The first-order valence-electron chi connectivity index (χ1n) is 3.67. The highest BCUT2D eigenvalue weighted by Gasteiger charge is 2.31. The maximum absolute atomic E-state index is 12.6. The van der Waals surface area contributed by atoms with E-state index in [1.807, 2.05) is 0 Å². The Balaban J connectivity index is 3.63. The number of rotatable bonds is 3. The number of alkyl halides is 2. The van der Waals surface area contributed by atoms with Crippen molar-refractivity contribution >= 4 is 45.1 Å². The minimum Gasteiger partial charge on any atom is -0.276 e. The quantitative estimate of drug-likeness (QED) is 0.272. The molecule has 1 rings (SSSR count). The molecule has 0 atom stereocenters. The Kier molecular flexibility index (Phi) is 4.08. The van der Waals surface area contributed by atoms with Crippen molar-refractivity contribution in [1.82, 2.24) is 4.98 Å². The van der Waals surface area contributed by atoms with E-state index in [4.69, 9.17) is 11.6 Å². The van der Waals surface area contributed by atoms with Gasteiger partial charge >= 0.3 is 5.69 Å². The van der Waals surface area contributed by atoms with Crippen LogP contribution in [0, 0.1) is 13.8 Å². The average molecular weight is 362 g/mol. The molecule has 0 spiro atoms. The van der Waals surface area contributed by atoms with E-state index in [9.17, 15) is 23.7 Å². The molecule has 0 fully saturated rings. The molecule has 0 aliphatic carbocycles. The summed E-state index contributed by atoms with van der Waals surface area (Å²) in [5.41, 5.74) is -2.53. The number of hydrogen-bond acceptors (Lipinski definition) is 4. The summed E-state index contributed by atoms with van der Waals surface area (Å²) in [7, 11) is 0. The maximum Gasteiger partial charge on any atom is 0.310 e. The summed E-state index contributed by atoms with van der Waals surface area (Å²) in [5, 5.41) is 9.39. The molecular weight excluding hydrogens is 360 g/mol. The van der Waals surface area contributed by atoms with E-state index in [1.165, 1.54) is 22.6 Å². The predicted octanol–water partition coefficient (Wildman–Crippen LogP) is 2.91. The lowest BCUT2D eigenvalue weighted by atomic mass is 10.1. The standard InChI is InChI=1S/C7H2ClF2IN2O3/c8-5(14)2-1-12-7(11)4(13(15)16)3(2)6(9)10/h1,6H. The van der Waals surface area contributed by atoms with Gasteiger partial charge in [-0.15, -0.1) is 0 Å². The fraction of sp³-hybridized carbons (Fsp3) is 0.143. The van der Waals surface area contributed by atoms with Gasteiger partial charge in [-0.1, -0.05) is 0 Å². The van der Waals surface area contributed by atoms with Gasteiger partial charge in [0.15, 0.2) is 3.70 Å². The molecule has 0 saturated carbocycles. The number of hydrogen-bond donors (Lipinski definition) is 0. The van der Waals surface area contributed by atoms with E-state index in [2.05, 4.69) is 4.98 Å². The van der Waals surface area contributed by atoms with Crippen LogP contribution in [-0.4, -0.2) is 15.1 Å². The zero-order chi connectivity index (χ0) is 12.5. The highest BCUT2D eigenvalue weighted by atomic mass is 127. The Labute approximate surface area is 106 Å². The molecule has 16 heavy (non-hydrogen) atoms. The number of pyridine rings is 1. The third-order valence-electron chi connectivity index (χ3n) is 1.66. The van der Waals surface area contributed by atoms with Crippen molar-refractivity contribution in [2.45, 2.75) is 6.43 Å². The molecule has 0 bridgehead atoms. The van der Waals surface area contributed by atoms with Crippen LogP contribution in [0.15, 0.2) is 6.20 Å². The number of carbonyl (C=O) groups excluding carboxylic acids is 1. The lowest BCUT2D eigenvalue weighted by molar-refractivity contribution is -0.387. The Hall–Kier alpha value is -0.900. The van der Waals surface area contributed by atoms with Crippen molar-refractivity contribution in [2.24, 2.45) is 0 Å². The molecule has 0 aliphatic heterocycles. The molecule has 0 amide bonds. The van der Waals surface area contributed by atoms with Crippen LogP contribution < -0.4 is 0 Å². The van der Waals surface area contributed by atoms with Crippen LogP contribution in [-0.2, 0) is 0 Å². The predicted molar refractivity (Wildman–Crippen MR) is 58.7 cm³/mol. The van der Waals surface area contributed by atoms with E-state index in [0.717, 1.165) is 6.20 Å². The van der Waals surface area contributed by atoms with Crippen molar-refractivity contribution in [1.29, 1.82) is 0 Å². The lowest BCUT2D eigenvalue weighted by Crippen LogP contribution is -2.07. The fourth-order valence-corrected chi connectivity index (χ4v) is 1.82. The summed E-state index contributed by atoms with van der Waals surface area (Å²) >= 11 is 6.48. The Morgan fingerprint density at radius 2 is 2.19 bits per heavy atom. The molecule has 0 radical (unpaired) electrons. The summed E-state index contributed by atoms with van der Waals surface area (Å²) in [6.45, 7) is 0. The second-order valence-corrected chi connectivity index (χ2v) is 3.92. The van der Waals surface area contributed by atoms with Gasteiger partial charge in [-0.05, 0) is 34.2 Å². The van der Waals surface area contributed by atoms with Gasteiger partial charge in [-0.3, -0.25) is 14.9 Å². The number of nitrogens with zero attached hydrogens (tertiary/aromatic N) is 2. The fourth-order valence-electron chi connectivity index (χ4n) is 1.04. The summed E-state index contributed by atoms with van der Waals surface area (Å²) in [4.78, 5) is 23.9. The van der Waals surface area contributed by atoms with E-state index in [0.29, 0.717) is 0 Å². The van der Waals surface area contributed by atoms with Gasteiger partial charge in [0.2, 0.25) is 0 Å². The van der Waals surface area contributed by atoms with E-state index in [-0.39, 0.29) is 3.70 Å². The molecule has 5 nitrogen and oxygen atoms in total. The number of nitro groups is 1. The largest absolute Gasteiger partial charge is 0.310 e. The van der Waals surface area contributed by atoms with Crippen molar-refractivity contribution in [3.63, 3.8) is 0 Å². The topological polar surface area (TPSA) is 73.1 Å². The SMILES string of the molecule is O=C(Cl)c1cnc(I)c([N+](=O)[O-])c1C(F)F. The molecule has 1 aromatic heterocycles. The molecule has 0 N–H and O–H groups in total. The molecular formula is C7H2ClF2IN2O3. The Morgan fingerprint density at radius 1 is 1.62 bits per heavy atom. The molecule has 0 aliphatic rings. The van der Waals surface area contributed by atoms with Crippen molar-refractivity contribution in [3.05, 3.63) is 31.1 Å². The second kappa shape index (κ2) is 4.95. The minimum absolute atomic E-state index is 0.223. The monoisotopic (exact) mass is 362 g/mol. The number of aromatic nitrogens is 1. The molecule has 86 valence electrons. The Morgan fingerprint density at radius 3 is 2.56 bits per heavy atom. The normalized spacial score (nSPS) is 10.6. The van der Waals surface area contributed by atoms with Crippen LogP contribution in [0.5, 0.6) is 0 Å². The smallest absolute Gasteiger partial charge is 0.276 e. The van der Waals surface area contributed by atoms with Gasteiger partial charge in [0.05, 0.1) is 10.5 Å². The number of carbonyl (C=O) groups is 1. The van der Waals surface area contributed by atoms with Crippen molar-refractivity contribution < 1.29 is 18.5 Å². The van der Waals surface area contributed by atoms with Crippen LogP contribution in [0.25, 0.3) is 0 Å².